The Bertz CT molecular complexity index is 1310. The molecule has 10 nitrogen and oxygen atoms in total. The fourth-order valence-electron chi connectivity index (χ4n) is 4.65. The number of aromatic nitrogens is 4. The first-order valence-electron chi connectivity index (χ1n) is 12.1. The predicted molar refractivity (Wildman–Crippen MR) is 133 cm³/mol. The molecule has 0 bridgehead atoms. The van der Waals surface area contributed by atoms with Gasteiger partial charge in [-0.2, -0.15) is 10.4 Å². The third kappa shape index (κ3) is 4.77. The van der Waals surface area contributed by atoms with E-state index in [4.69, 9.17) is 10.2 Å². The van der Waals surface area contributed by atoms with Gasteiger partial charge in [-0.05, 0) is 37.5 Å². The minimum atomic E-state index is -0.0605. The van der Waals surface area contributed by atoms with E-state index in [1.54, 1.807) is 36.4 Å². The molecule has 2 aliphatic rings. The predicted octanol–water partition coefficient (Wildman–Crippen LogP) is 3.17. The van der Waals surface area contributed by atoms with Crippen LogP contribution in [0.3, 0.4) is 0 Å². The zero-order chi connectivity index (χ0) is 25.2. The first-order chi connectivity index (χ1) is 17.4. The number of nitrogens with one attached hydrogen (secondary N) is 1. The molecule has 4 heterocycles. The summed E-state index contributed by atoms with van der Waals surface area (Å²) >= 11 is 0. The van der Waals surface area contributed by atoms with Crippen LogP contribution in [0.4, 0.5) is 11.6 Å². The van der Waals surface area contributed by atoms with Gasteiger partial charge < -0.3 is 15.1 Å². The van der Waals surface area contributed by atoms with E-state index in [9.17, 15) is 9.59 Å². The molecule has 2 aromatic heterocycles. The van der Waals surface area contributed by atoms with E-state index >= 15 is 0 Å². The van der Waals surface area contributed by atoms with Crippen molar-refractivity contribution in [3.8, 4) is 17.3 Å². The molecule has 36 heavy (non-hydrogen) atoms. The molecule has 2 fully saturated rings. The number of nitrogens with zero attached hydrogens (tertiary/aromatic N) is 7. The number of carbonyl (C=O) groups is 2. The topological polar surface area (TPSA) is 120 Å². The van der Waals surface area contributed by atoms with Crippen molar-refractivity contribution in [2.45, 2.75) is 32.7 Å². The van der Waals surface area contributed by atoms with Gasteiger partial charge in [0.15, 0.2) is 0 Å². The van der Waals surface area contributed by atoms with Crippen LogP contribution in [0.1, 0.15) is 41.7 Å². The summed E-state index contributed by atoms with van der Waals surface area (Å²) in [5.41, 5.74) is 3.99. The quantitative estimate of drug-likeness (QED) is 0.591. The van der Waals surface area contributed by atoms with Gasteiger partial charge in [-0.3, -0.25) is 14.3 Å². The molecule has 0 radical (unpaired) electrons. The molecule has 1 N–H and O–H groups in total. The molecule has 2 amide bonds. The average molecular weight is 485 g/mol. The zero-order valence-electron chi connectivity index (χ0n) is 20.4. The largest absolute Gasteiger partial charge is 0.343 e. The SMILES string of the molecule is CC(=O)N1CCC(n2cc(Nc3ncc(C)c(-c4ccc(C(=O)N5CC(C#N)C5)cc4)n3)cn2)CC1. The molecular formula is C26H28N8O2. The van der Waals surface area contributed by atoms with Gasteiger partial charge >= 0.3 is 0 Å². The van der Waals surface area contributed by atoms with Crippen molar-refractivity contribution in [2.75, 3.05) is 31.5 Å². The minimum absolute atomic E-state index is 0.0567. The lowest BCUT2D eigenvalue weighted by Crippen LogP contribution is -2.49. The molecule has 184 valence electrons. The Labute approximate surface area is 209 Å². The Hall–Kier alpha value is -4.26. The number of carbonyl (C=O) groups excluding carboxylic acids is 2. The third-order valence-corrected chi connectivity index (χ3v) is 6.87. The van der Waals surface area contributed by atoms with Crippen molar-refractivity contribution in [3.63, 3.8) is 0 Å². The highest BCUT2D eigenvalue weighted by atomic mass is 16.2. The molecule has 2 aliphatic heterocycles. The number of amides is 2. The summed E-state index contributed by atoms with van der Waals surface area (Å²) in [4.78, 5) is 36.8. The highest BCUT2D eigenvalue weighted by Gasteiger charge is 2.31. The number of benzene rings is 1. The van der Waals surface area contributed by atoms with Crippen LogP contribution in [-0.2, 0) is 4.79 Å². The first kappa shape index (κ1) is 23.5. The second-order valence-corrected chi connectivity index (χ2v) is 9.41. The van der Waals surface area contributed by atoms with Crippen molar-refractivity contribution in [1.82, 2.24) is 29.5 Å². The molecule has 2 saturated heterocycles. The smallest absolute Gasteiger partial charge is 0.253 e. The molecule has 0 spiro atoms. The van der Waals surface area contributed by atoms with E-state index in [-0.39, 0.29) is 23.8 Å². The lowest BCUT2D eigenvalue weighted by Gasteiger charge is -2.35. The second-order valence-electron chi connectivity index (χ2n) is 9.41. The maximum Gasteiger partial charge on any atom is 0.253 e. The van der Waals surface area contributed by atoms with E-state index in [1.165, 1.54) is 0 Å². The van der Waals surface area contributed by atoms with Crippen molar-refractivity contribution < 1.29 is 9.59 Å². The molecule has 5 rings (SSSR count). The highest BCUT2D eigenvalue weighted by molar-refractivity contribution is 5.95. The van der Waals surface area contributed by atoms with Gasteiger partial charge in [-0.25, -0.2) is 9.97 Å². The van der Waals surface area contributed by atoms with Gasteiger partial charge in [0.25, 0.3) is 5.91 Å². The van der Waals surface area contributed by atoms with Crippen LogP contribution in [0.5, 0.6) is 0 Å². The molecular weight excluding hydrogens is 456 g/mol. The number of piperidine rings is 1. The van der Waals surface area contributed by atoms with E-state index < -0.39 is 0 Å². The number of hydrogen-bond acceptors (Lipinski definition) is 7. The summed E-state index contributed by atoms with van der Waals surface area (Å²) in [6.07, 6.45) is 7.23. The van der Waals surface area contributed by atoms with Crippen molar-refractivity contribution >= 4 is 23.5 Å². The normalized spacial score (nSPS) is 16.4. The molecule has 1 aromatic carbocycles. The highest BCUT2D eigenvalue weighted by Crippen LogP contribution is 2.26. The van der Waals surface area contributed by atoms with Crippen molar-refractivity contribution in [1.29, 1.82) is 5.26 Å². The Morgan fingerprint density at radius 3 is 2.47 bits per heavy atom. The van der Waals surface area contributed by atoms with E-state index in [0.717, 1.165) is 48.4 Å². The van der Waals surface area contributed by atoms with Gasteiger partial charge in [-0.15, -0.1) is 0 Å². The van der Waals surface area contributed by atoms with Crippen LogP contribution in [-0.4, -0.2) is 67.5 Å². The van der Waals surface area contributed by atoms with E-state index in [2.05, 4.69) is 21.5 Å². The third-order valence-electron chi connectivity index (χ3n) is 6.87. The Morgan fingerprint density at radius 2 is 1.81 bits per heavy atom. The van der Waals surface area contributed by atoms with Gasteiger partial charge in [0.05, 0.1) is 35.6 Å². The van der Waals surface area contributed by atoms with Crippen LogP contribution in [0, 0.1) is 24.2 Å². The maximum atomic E-state index is 12.6. The lowest BCUT2D eigenvalue weighted by molar-refractivity contribution is -0.130. The Kier molecular flexibility index (Phi) is 6.38. The molecule has 0 unspecified atom stereocenters. The fourth-order valence-corrected chi connectivity index (χ4v) is 4.65. The lowest BCUT2D eigenvalue weighted by atomic mass is 10.00. The number of rotatable bonds is 5. The zero-order valence-corrected chi connectivity index (χ0v) is 20.4. The summed E-state index contributed by atoms with van der Waals surface area (Å²) in [5.74, 6) is 0.466. The number of likely N-dealkylation sites (tertiary alicyclic amines) is 2. The van der Waals surface area contributed by atoms with Crippen LogP contribution in [0.25, 0.3) is 11.3 Å². The molecule has 0 saturated carbocycles. The summed E-state index contributed by atoms with van der Waals surface area (Å²) in [6.45, 7) is 6.03. The van der Waals surface area contributed by atoms with Crippen LogP contribution in [0.15, 0.2) is 42.9 Å². The van der Waals surface area contributed by atoms with Gasteiger partial charge in [0, 0.05) is 56.6 Å². The Balaban J connectivity index is 1.25. The maximum absolute atomic E-state index is 12.6. The minimum Gasteiger partial charge on any atom is -0.343 e. The number of hydrogen-bond donors (Lipinski definition) is 1. The molecule has 3 aromatic rings. The van der Waals surface area contributed by atoms with Crippen LogP contribution < -0.4 is 5.32 Å². The fraction of sp³-hybridized carbons (Fsp3) is 0.385. The standard InChI is InChI=1S/C26H28N8O2/c1-17-12-28-26(30-22-13-29-34(16-22)23-7-9-32(10-8-23)18(2)35)31-24(17)20-3-5-21(6-4-20)25(36)33-14-19(11-27)15-33/h3-6,12-13,16,19,23H,7-10,14-15H2,1-2H3,(H,28,30,31). The monoisotopic (exact) mass is 484 g/mol. The molecule has 0 atom stereocenters. The Morgan fingerprint density at radius 1 is 1.08 bits per heavy atom. The summed E-state index contributed by atoms with van der Waals surface area (Å²) < 4.78 is 1.95. The molecule has 0 aliphatic carbocycles. The summed E-state index contributed by atoms with van der Waals surface area (Å²) in [7, 11) is 0. The molecule has 10 heteroatoms. The van der Waals surface area contributed by atoms with E-state index in [0.29, 0.717) is 24.6 Å². The van der Waals surface area contributed by atoms with E-state index in [1.807, 2.05) is 34.8 Å². The van der Waals surface area contributed by atoms with Crippen LogP contribution >= 0.6 is 0 Å². The average Bonchev–Trinajstić information content (AvgIpc) is 3.33. The summed E-state index contributed by atoms with van der Waals surface area (Å²) in [5, 5.41) is 16.7. The summed E-state index contributed by atoms with van der Waals surface area (Å²) in [6, 6.07) is 9.82. The van der Waals surface area contributed by atoms with Crippen molar-refractivity contribution in [2.24, 2.45) is 5.92 Å². The second kappa shape index (κ2) is 9.77. The first-order valence-corrected chi connectivity index (χ1v) is 12.1. The number of nitriles is 1. The van der Waals surface area contributed by atoms with Crippen LogP contribution in [0.2, 0.25) is 0 Å². The number of anilines is 2. The van der Waals surface area contributed by atoms with Gasteiger partial charge in [-0.1, -0.05) is 12.1 Å². The van der Waals surface area contributed by atoms with Gasteiger partial charge in [0.1, 0.15) is 0 Å². The number of aryl methyl sites for hydroxylation is 1. The van der Waals surface area contributed by atoms with Crippen molar-refractivity contribution in [3.05, 3.63) is 54.0 Å². The van der Waals surface area contributed by atoms with Gasteiger partial charge in [0.2, 0.25) is 11.9 Å².